The second-order valence-corrected chi connectivity index (χ2v) is 7.54. The van der Waals surface area contributed by atoms with E-state index in [-0.39, 0.29) is 24.0 Å². The molecule has 1 atom stereocenters. The van der Waals surface area contributed by atoms with E-state index in [1.807, 2.05) is 18.2 Å². The molecule has 0 aliphatic carbocycles. The van der Waals surface area contributed by atoms with Crippen LogP contribution in [0.3, 0.4) is 0 Å². The summed E-state index contributed by atoms with van der Waals surface area (Å²) in [7, 11) is 0. The molecule has 3 rings (SSSR count). The molecule has 0 radical (unpaired) electrons. The SMILES string of the molecule is C[C@@H]1CCCN(Cc2ccccc2CNC(=O)COc2ccccc2[N+](=O)[O-])C1. The van der Waals surface area contributed by atoms with E-state index >= 15 is 0 Å². The Morgan fingerprint density at radius 1 is 1.21 bits per heavy atom. The molecule has 1 heterocycles. The highest BCUT2D eigenvalue weighted by Gasteiger charge is 2.18. The predicted octanol–water partition coefficient (Wildman–Crippen LogP) is 3.52. The van der Waals surface area contributed by atoms with Crippen molar-refractivity contribution in [2.45, 2.75) is 32.9 Å². The van der Waals surface area contributed by atoms with Crippen LogP contribution < -0.4 is 10.1 Å². The molecule has 7 nitrogen and oxygen atoms in total. The van der Waals surface area contributed by atoms with E-state index in [1.54, 1.807) is 12.1 Å². The van der Waals surface area contributed by atoms with Gasteiger partial charge < -0.3 is 10.1 Å². The molecule has 154 valence electrons. The Bertz CT molecular complexity index is 855. The Morgan fingerprint density at radius 2 is 1.93 bits per heavy atom. The minimum atomic E-state index is -0.523. The number of nitro benzene ring substituents is 1. The van der Waals surface area contributed by atoms with Crippen LogP contribution in [0, 0.1) is 16.0 Å². The van der Waals surface area contributed by atoms with Gasteiger partial charge in [0.2, 0.25) is 0 Å². The lowest BCUT2D eigenvalue weighted by Gasteiger charge is -2.31. The lowest BCUT2D eigenvalue weighted by molar-refractivity contribution is -0.385. The summed E-state index contributed by atoms with van der Waals surface area (Å²) in [6, 6.07) is 14.1. The second-order valence-electron chi connectivity index (χ2n) is 7.54. The molecule has 7 heteroatoms. The molecule has 0 saturated carbocycles. The lowest BCUT2D eigenvalue weighted by atomic mass is 9.99. The zero-order valence-electron chi connectivity index (χ0n) is 16.7. The average molecular weight is 397 g/mol. The third-order valence-corrected chi connectivity index (χ3v) is 5.15. The molecule has 0 aromatic heterocycles. The van der Waals surface area contributed by atoms with Gasteiger partial charge >= 0.3 is 5.69 Å². The van der Waals surface area contributed by atoms with Gasteiger partial charge in [0, 0.05) is 25.7 Å². The van der Waals surface area contributed by atoms with Crippen molar-refractivity contribution in [3.05, 3.63) is 69.8 Å². The fourth-order valence-corrected chi connectivity index (χ4v) is 3.67. The van der Waals surface area contributed by atoms with Crippen LogP contribution >= 0.6 is 0 Å². The summed E-state index contributed by atoms with van der Waals surface area (Å²) in [4.78, 5) is 25.2. The smallest absolute Gasteiger partial charge is 0.310 e. The normalized spacial score (nSPS) is 16.9. The monoisotopic (exact) mass is 397 g/mol. The van der Waals surface area contributed by atoms with E-state index in [9.17, 15) is 14.9 Å². The summed E-state index contributed by atoms with van der Waals surface area (Å²) in [5, 5.41) is 13.9. The summed E-state index contributed by atoms with van der Waals surface area (Å²) >= 11 is 0. The van der Waals surface area contributed by atoms with E-state index < -0.39 is 4.92 Å². The van der Waals surface area contributed by atoms with E-state index in [0.29, 0.717) is 6.54 Å². The molecular weight excluding hydrogens is 370 g/mol. The van der Waals surface area contributed by atoms with Gasteiger partial charge in [-0.15, -0.1) is 0 Å². The molecule has 2 aromatic rings. The molecule has 29 heavy (non-hydrogen) atoms. The van der Waals surface area contributed by atoms with Crippen molar-refractivity contribution >= 4 is 11.6 Å². The number of nitrogens with one attached hydrogen (secondary N) is 1. The topological polar surface area (TPSA) is 84.7 Å². The van der Waals surface area contributed by atoms with Crippen molar-refractivity contribution in [3.8, 4) is 5.75 Å². The van der Waals surface area contributed by atoms with Gasteiger partial charge in [0.15, 0.2) is 12.4 Å². The molecule has 1 aliphatic heterocycles. The zero-order chi connectivity index (χ0) is 20.6. The number of piperidine rings is 1. The predicted molar refractivity (Wildman–Crippen MR) is 111 cm³/mol. The largest absolute Gasteiger partial charge is 0.477 e. The number of carbonyl (C=O) groups excluding carboxylic acids is 1. The number of carbonyl (C=O) groups is 1. The third-order valence-electron chi connectivity index (χ3n) is 5.15. The van der Waals surface area contributed by atoms with Gasteiger partial charge in [-0.05, 0) is 42.5 Å². The summed E-state index contributed by atoms with van der Waals surface area (Å²) in [5.41, 5.74) is 2.13. The Kier molecular flexibility index (Phi) is 7.19. The van der Waals surface area contributed by atoms with Gasteiger partial charge in [0.1, 0.15) is 0 Å². The van der Waals surface area contributed by atoms with Gasteiger partial charge in [-0.25, -0.2) is 0 Å². The van der Waals surface area contributed by atoms with Crippen molar-refractivity contribution < 1.29 is 14.5 Å². The molecule has 1 saturated heterocycles. The van der Waals surface area contributed by atoms with Crippen LogP contribution in [0.2, 0.25) is 0 Å². The fraction of sp³-hybridized carbons (Fsp3) is 0.409. The summed E-state index contributed by atoms with van der Waals surface area (Å²) in [6.07, 6.45) is 2.51. The minimum Gasteiger partial charge on any atom is -0.477 e. The minimum absolute atomic E-state index is 0.0901. The van der Waals surface area contributed by atoms with E-state index in [4.69, 9.17) is 4.74 Å². The van der Waals surface area contributed by atoms with Crippen LogP contribution in [-0.4, -0.2) is 35.4 Å². The molecule has 1 amide bonds. The number of hydrogen-bond donors (Lipinski definition) is 1. The number of nitro groups is 1. The van der Waals surface area contributed by atoms with Crippen LogP contribution in [0.1, 0.15) is 30.9 Å². The molecule has 0 spiro atoms. The molecule has 1 N–H and O–H groups in total. The van der Waals surface area contributed by atoms with Crippen molar-refractivity contribution in [1.82, 2.24) is 10.2 Å². The van der Waals surface area contributed by atoms with E-state index in [1.165, 1.54) is 30.5 Å². The second kappa shape index (κ2) is 10.0. The third kappa shape index (κ3) is 6.02. The Labute approximate surface area is 170 Å². The van der Waals surface area contributed by atoms with Gasteiger partial charge in [0.25, 0.3) is 5.91 Å². The first kappa shape index (κ1) is 20.8. The van der Waals surface area contributed by atoms with Crippen molar-refractivity contribution in [2.75, 3.05) is 19.7 Å². The molecule has 0 unspecified atom stereocenters. The average Bonchev–Trinajstić information content (AvgIpc) is 2.72. The number of ether oxygens (including phenoxy) is 1. The quantitative estimate of drug-likeness (QED) is 0.544. The summed E-state index contributed by atoms with van der Waals surface area (Å²) < 4.78 is 5.35. The maximum atomic E-state index is 12.2. The van der Waals surface area contributed by atoms with E-state index in [2.05, 4.69) is 23.2 Å². The summed E-state index contributed by atoms with van der Waals surface area (Å²) in [5.74, 6) is 0.492. The number of benzene rings is 2. The van der Waals surface area contributed by atoms with Gasteiger partial charge in [-0.2, -0.15) is 0 Å². The maximum absolute atomic E-state index is 12.2. The van der Waals surface area contributed by atoms with Gasteiger partial charge in [-0.3, -0.25) is 19.8 Å². The standard InChI is InChI=1S/C22H27N3O4/c1-17-7-6-12-24(14-17)15-19-9-3-2-8-18(19)13-23-22(26)16-29-21-11-5-4-10-20(21)25(27)28/h2-5,8-11,17H,6-7,12-16H2,1H3,(H,23,26)/t17-/m1/s1. The molecule has 2 aromatic carbocycles. The van der Waals surface area contributed by atoms with Gasteiger partial charge in [-0.1, -0.05) is 43.3 Å². The number of nitrogens with zero attached hydrogens (tertiary/aromatic N) is 2. The highest BCUT2D eigenvalue weighted by Crippen LogP contribution is 2.25. The first-order chi connectivity index (χ1) is 14.0. The van der Waals surface area contributed by atoms with Crippen LogP contribution in [-0.2, 0) is 17.9 Å². The fourth-order valence-electron chi connectivity index (χ4n) is 3.67. The molecule has 1 aliphatic rings. The van der Waals surface area contributed by atoms with Gasteiger partial charge in [0.05, 0.1) is 4.92 Å². The van der Waals surface area contributed by atoms with Crippen molar-refractivity contribution in [1.29, 1.82) is 0 Å². The number of para-hydroxylation sites is 2. The van der Waals surface area contributed by atoms with Crippen LogP contribution in [0.15, 0.2) is 48.5 Å². The highest BCUT2D eigenvalue weighted by molar-refractivity contribution is 5.77. The Morgan fingerprint density at radius 3 is 2.69 bits per heavy atom. The molecular formula is C22H27N3O4. The van der Waals surface area contributed by atoms with Crippen LogP contribution in [0.5, 0.6) is 5.75 Å². The van der Waals surface area contributed by atoms with Crippen LogP contribution in [0.25, 0.3) is 0 Å². The lowest BCUT2D eigenvalue weighted by Crippen LogP contribution is -2.34. The van der Waals surface area contributed by atoms with Crippen molar-refractivity contribution in [3.63, 3.8) is 0 Å². The van der Waals surface area contributed by atoms with E-state index in [0.717, 1.165) is 31.1 Å². The summed E-state index contributed by atoms with van der Waals surface area (Å²) in [6.45, 7) is 5.51. The Hall–Kier alpha value is -2.93. The van der Waals surface area contributed by atoms with Crippen molar-refractivity contribution in [2.24, 2.45) is 5.92 Å². The number of hydrogen-bond acceptors (Lipinski definition) is 5. The highest BCUT2D eigenvalue weighted by atomic mass is 16.6. The Balaban J connectivity index is 1.53. The molecule has 1 fully saturated rings. The number of rotatable bonds is 8. The first-order valence-electron chi connectivity index (χ1n) is 9.95. The number of amides is 1. The zero-order valence-corrected chi connectivity index (χ0v) is 16.7. The van der Waals surface area contributed by atoms with Crippen LogP contribution in [0.4, 0.5) is 5.69 Å². The maximum Gasteiger partial charge on any atom is 0.310 e. The number of likely N-dealkylation sites (tertiary alicyclic amines) is 1. The first-order valence-corrected chi connectivity index (χ1v) is 9.95. The molecule has 0 bridgehead atoms.